The van der Waals surface area contributed by atoms with Gasteiger partial charge in [0.15, 0.2) is 0 Å². The number of rotatable bonds is 1. The molecule has 12 heavy (non-hydrogen) atoms. The number of nitrogens with zero attached hydrogens (tertiary/aromatic N) is 1. The number of hydroxylamine groups is 1. The first kappa shape index (κ1) is 7.76. The Morgan fingerprint density at radius 3 is 3.17 bits per heavy atom. The van der Waals surface area contributed by atoms with Gasteiger partial charge in [0.25, 0.3) is 0 Å². The summed E-state index contributed by atoms with van der Waals surface area (Å²) in [6, 6.07) is 5.67. The van der Waals surface area contributed by atoms with E-state index in [2.05, 4.69) is 15.9 Å². The molecule has 0 aromatic heterocycles. The van der Waals surface area contributed by atoms with Gasteiger partial charge < -0.3 is 0 Å². The summed E-state index contributed by atoms with van der Waals surface area (Å²) in [4.78, 5) is 15.5. The van der Waals surface area contributed by atoms with E-state index in [9.17, 15) is 4.79 Å². The van der Waals surface area contributed by atoms with E-state index < -0.39 is 0 Å². The Hall–Kier alpha value is -0.870. The van der Waals surface area contributed by atoms with E-state index >= 15 is 0 Å². The van der Waals surface area contributed by atoms with E-state index in [0.29, 0.717) is 13.0 Å². The van der Waals surface area contributed by atoms with Gasteiger partial charge >= 0.3 is 0 Å². The Morgan fingerprint density at radius 1 is 1.58 bits per heavy atom. The van der Waals surface area contributed by atoms with Crippen molar-refractivity contribution in [1.29, 1.82) is 0 Å². The Morgan fingerprint density at radius 2 is 2.42 bits per heavy atom. The number of benzene rings is 1. The molecule has 0 aliphatic carbocycles. The van der Waals surface area contributed by atoms with Gasteiger partial charge in [-0.3, -0.25) is 9.63 Å². The average molecular weight is 228 g/mol. The largest absolute Gasteiger partial charge is 0.276 e. The first-order valence-corrected chi connectivity index (χ1v) is 4.26. The lowest BCUT2D eigenvalue weighted by Crippen LogP contribution is -2.14. The quantitative estimate of drug-likeness (QED) is 0.686. The van der Waals surface area contributed by atoms with Crippen molar-refractivity contribution in [3.05, 3.63) is 28.2 Å². The molecule has 1 aromatic rings. The molecular formula is C8H6BrNO2. The zero-order valence-corrected chi connectivity index (χ0v) is 7.74. The van der Waals surface area contributed by atoms with Crippen LogP contribution in [0.5, 0.6) is 0 Å². The summed E-state index contributed by atoms with van der Waals surface area (Å²) in [5.74, 6) is 0. The van der Waals surface area contributed by atoms with E-state index in [0.717, 1.165) is 15.7 Å². The third-order valence-corrected chi connectivity index (χ3v) is 2.23. The molecule has 0 N–H and O–H groups in total. The van der Waals surface area contributed by atoms with Crippen LogP contribution in [0.25, 0.3) is 0 Å². The van der Waals surface area contributed by atoms with Crippen molar-refractivity contribution in [2.45, 2.75) is 6.61 Å². The zero-order valence-electron chi connectivity index (χ0n) is 6.16. The van der Waals surface area contributed by atoms with Crippen LogP contribution < -0.4 is 5.06 Å². The van der Waals surface area contributed by atoms with Crippen LogP contribution in [0.3, 0.4) is 0 Å². The molecule has 1 heterocycles. The van der Waals surface area contributed by atoms with Gasteiger partial charge in [0.2, 0.25) is 6.41 Å². The lowest BCUT2D eigenvalue weighted by atomic mass is 10.2. The normalized spacial score (nSPS) is 14.6. The van der Waals surface area contributed by atoms with Crippen LogP contribution in [0.1, 0.15) is 5.56 Å². The molecular weight excluding hydrogens is 222 g/mol. The molecule has 0 radical (unpaired) electrons. The third-order valence-electron chi connectivity index (χ3n) is 1.73. The minimum Gasteiger partial charge on any atom is -0.276 e. The number of carbonyl (C=O) groups excluding carboxylic acids is 1. The smallest absolute Gasteiger partial charge is 0.238 e. The fourth-order valence-electron chi connectivity index (χ4n) is 1.18. The highest BCUT2D eigenvalue weighted by molar-refractivity contribution is 9.10. The summed E-state index contributed by atoms with van der Waals surface area (Å²) in [6.45, 7) is 0.466. The highest BCUT2D eigenvalue weighted by Gasteiger charge is 2.19. The molecule has 2 rings (SSSR count). The second-order valence-electron chi connectivity index (χ2n) is 2.48. The molecule has 1 aromatic carbocycles. The maximum Gasteiger partial charge on any atom is 0.238 e. The first-order chi connectivity index (χ1) is 5.81. The van der Waals surface area contributed by atoms with Crippen LogP contribution in [-0.2, 0) is 16.2 Å². The summed E-state index contributed by atoms with van der Waals surface area (Å²) in [5.41, 5.74) is 1.85. The standard InChI is InChI=1S/C8H6BrNO2/c9-7-1-2-8-6(3-7)4-12-10(8)5-11/h1-3,5H,4H2. The second-order valence-corrected chi connectivity index (χ2v) is 3.39. The number of amides is 1. The molecule has 0 unspecified atom stereocenters. The van der Waals surface area contributed by atoms with Crippen molar-refractivity contribution in [2.75, 3.05) is 5.06 Å². The van der Waals surface area contributed by atoms with Gasteiger partial charge in [0, 0.05) is 10.0 Å². The van der Waals surface area contributed by atoms with Crippen LogP contribution in [-0.4, -0.2) is 6.41 Å². The second kappa shape index (κ2) is 2.88. The molecule has 4 heteroatoms. The van der Waals surface area contributed by atoms with Crippen molar-refractivity contribution in [1.82, 2.24) is 0 Å². The summed E-state index contributed by atoms with van der Waals surface area (Å²) in [6.07, 6.45) is 0.666. The minimum atomic E-state index is 0.466. The zero-order chi connectivity index (χ0) is 8.55. The van der Waals surface area contributed by atoms with E-state index in [1.807, 2.05) is 18.2 Å². The van der Waals surface area contributed by atoms with Gasteiger partial charge in [-0.05, 0) is 18.2 Å². The SMILES string of the molecule is O=CN1OCc2cc(Br)ccc21. The predicted octanol–water partition coefficient (Wildman–Crippen LogP) is 1.86. The topological polar surface area (TPSA) is 29.5 Å². The Kier molecular flexibility index (Phi) is 1.86. The lowest BCUT2D eigenvalue weighted by Gasteiger charge is -2.06. The molecule has 3 nitrogen and oxygen atoms in total. The molecule has 0 spiro atoms. The Bertz CT molecular complexity index is 327. The van der Waals surface area contributed by atoms with Crippen molar-refractivity contribution in [2.24, 2.45) is 0 Å². The van der Waals surface area contributed by atoms with E-state index in [1.54, 1.807) is 0 Å². The monoisotopic (exact) mass is 227 g/mol. The van der Waals surface area contributed by atoms with Crippen LogP contribution in [0.15, 0.2) is 22.7 Å². The third kappa shape index (κ3) is 1.13. The molecule has 0 saturated carbocycles. The molecule has 0 atom stereocenters. The summed E-state index contributed by atoms with van der Waals surface area (Å²) in [5, 5.41) is 1.24. The molecule has 1 aliphatic rings. The van der Waals surface area contributed by atoms with Crippen molar-refractivity contribution < 1.29 is 9.63 Å². The molecule has 0 fully saturated rings. The van der Waals surface area contributed by atoms with Gasteiger partial charge in [-0.1, -0.05) is 15.9 Å². The fourth-order valence-corrected chi connectivity index (χ4v) is 1.59. The number of anilines is 1. The van der Waals surface area contributed by atoms with Gasteiger partial charge in [-0.15, -0.1) is 0 Å². The minimum absolute atomic E-state index is 0.466. The predicted molar refractivity (Wildman–Crippen MR) is 47.5 cm³/mol. The number of fused-ring (bicyclic) bond motifs is 1. The fraction of sp³-hybridized carbons (Fsp3) is 0.125. The van der Waals surface area contributed by atoms with Crippen LogP contribution in [0.2, 0.25) is 0 Å². The van der Waals surface area contributed by atoms with E-state index in [1.165, 1.54) is 5.06 Å². The molecule has 1 aliphatic heterocycles. The lowest BCUT2D eigenvalue weighted by molar-refractivity contribution is -0.113. The number of hydrogen-bond donors (Lipinski definition) is 0. The molecule has 0 saturated heterocycles. The highest BCUT2D eigenvalue weighted by atomic mass is 79.9. The molecule has 1 amide bonds. The van der Waals surface area contributed by atoms with Crippen molar-refractivity contribution in [3.8, 4) is 0 Å². The Labute approximate surface area is 78.0 Å². The average Bonchev–Trinajstić information content (AvgIpc) is 2.46. The first-order valence-electron chi connectivity index (χ1n) is 3.47. The highest BCUT2D eigenvalue weighted by Crippen LogP contribution is 2.29. The summed E-state index contributed by atoms with van der Waals surface area (Å²) < 4.78 is 0.998. The summed E-state index contributed by atoms with van der Waals surface area (Å²) >= 11 is 3.34. The van der Waals surface area contributed by atoms with Crippen LogP contribution in [0, 0.1) is 0 Å². The summed E-state index contributed by atoms with van der Waals surface area (Å²) in [7, 11) is 0. The van der Waals surface area contributed by atoms with Crippen LogP contribution >= 0.6 is 15.9 Å². The number of carbonyl (C=O) groups is 1. The maximum atomic E-state index is 10.4. The Balaban J connectivity index is 2.47. The van der Waals surface area contributed by atoms with Crippen LogP contribution in [0.4, 0.5) is 5.69 Å². The van der Waals surface area contributed by atoms with E-state index in [4.69, 9.17) is 4.84 Å². The van der Waals surface area contributed by atoms with Gasteiger partial charge in [-0.25, -0.2) is 0 Å². The molecule has 62 valence electrons. The maximum absolute atomic E-state index is 10.4. The van der Waals surface area contributed by atoms with Gasteiger partial charge in [0.1, 0.15) is 6.61 Å². The van der Waals surface area contributed by atoms with Crippen molar-refractivity contribution in [3.63, 3.8) is 0 Å². The van der Waals surface area contributed by atoms with Gasteiger partial charge in [0.05, 0.1) is 5.69 Å². The molecule has 0 bridgehead atoms. The number of halogens is 1. The van der Waals surface area contributed by atoms with Crippen molar-refractivity contribution >= 4 is 28.0 Å². The van der Waals surface area contributed by atoms with E-state index in [-0.39, 0.29) is 0 Å². The number of hydrogen-bond acceptors (Lipinski definition) is 2. The van der Waals surface area contributed by atoms with Gasteiger partial charge in [-0.2, -0.15) is 5.06 Å².